The molecular weight excluding hydrogens is 212 g/mol. The molecule has 1 rings (SSSR count). The third kappa shape index (κ3) is 2.70. The highest BCUT2D eigenvalue weighted by Gasteiger charge is 2.30. The second-order valence-corrected chi connectivity index (χ2v) is 3.36. The summed E-state index contributed by atoms with van der Waals surface area (Å²) in [5.41, 5.74) is 0. The quantitative estimate of drug-likeness (QED) is 0.614. The van der Waals surface area contributed by atoms with Crippen LogP contribution in [-0.4, -0.2) is 54.3 Å². The molecule has 16 heavy (non-hydrogen) atoms. The van der Waals surface area contributed by atoms with Crippen LogP contribution in [0.4, 0.5) is 4.79 Å². The predicted octanol–water partition coefficient (Wildman–Crippen LogP) is -1.09. The Morgan fingerprint density at radius 3 is 2.81 bits per heavy atom. The third-order valence-electron chi connectivity index (χ3n) is 2.22. The summed E-state index contributed by atoms with van der Waals surface area (Å²) in [5, 5.41) is 10.7. The maximum absolute atomic E-state index is 11.5. The van der Waals surface area contributed by atoms with Gasteiger partial charge in [-0.05, 0) is 0 Å². The number of carbonyl (C=O) groups excluding carboxylic acids is 3. The van der Waals surface area contributed by atoms with Crippen LogP contribution in [0.3, 0.4) is 0 Å². The van der Waals surface area contributed by atoms with Crippen molar-refractivity contribution in [2.24, 2.45) is 0 Å². The van der Waals surface area contributed by atoms with E-state index in [1.54, 1.807) is 0 Å². The van der Waals surface area contributed by atoms with Crippen LogP contribution < -0.4 is 5.32 Å². The largest absolute Gasteiger partial charge is 0.343 e. The molecule has 0 unspecified atom stereocenters. The van der Waals surface area contributed by atoms with Crippen molar-refractivity contribution in [3.63, 3.8) is 0 Å². The average molecular weight is 224 g/mol. The van der Waals surface area contributed by atoms with E-state index in [1.165, 1.54) is 11.9 Å². The number of nitrogens with zero attached hydrogens (tertiary/aromatic N) is 3. The highest BCUT2D eigenvalue weighted by Crippen LogP contribution is 2.00. The molecule has 0 bridgehead atoms. The van der Waals surface area contributed by atoms with Crippen LogP contribution in [0.15, 0.2) is 0 Å². The van der Waals surface area contributed by atoms with Gasteiger partial charge in [-0.1, -0.05) is 0 Å². The molecule has 86 valence electrons. The van der Waals surface area contributed by atoms with Crippen LogP contribution >= 0.6 is 0 Å². The summed E-state index contributed by atoms with van der Waals surface area (Å²) in [7, 11) is 1.53. The van der Waals surface area contributed by atoms with Crippen molar-refractivity contribution in [1.82, 2.24) is 15.1 Å². The number of nitrogens with one attached hydrogen (secondary N) is 1. The standard InChI is InChI=1S/C9H12N4O3/c1-12(4-2-3-10)8(15)6-13-7(14)5-11-9(13)16/h2,4-6H2,1H3,(H,11,16). The zero-order valence-corrected chi connectivity index (χ0v) is 8.89. The molecule has 7 nitrogen and oxygen atoms in total. The molecule has 1 aliphatic rings. The molecule has 1 saturated heterocycles. The van der Waals surface area contributed by atoms with Crippen molar-refractivity contribution >= 4 is 17.8 Å². The van der Waals surface area contributed by atoms with Crippen molar-refractivity contribution < 1.29 is 14.4 Å². The molecule has 0 saturated carbocycles. The van der Waals surface area contributed by atoms with Crippen molar-refractivity contribution in [2.45, 2.75) is 6.42 Å². The normalized spacial score (nSPS) is 14.6. The smallest absolute Gasteiger partial charge is 0.325 e. The first-order chi connectivity index (χ1) is 7.56. The number of urea groups is 1. The van der Waals surface area contributed by atoms with Crippen LogP contribution in [0.25, 0.3) is 0 Å². The van der Waals surface area contributed by atoms with E-state index < -0.39 is 11.9 Å². The molecule has 1 heterocycles. The first-order valence-corrected chi connectivity index (χ1v) is 4.75. The molecule has 0 spiro atoms. The van der Waals surface area contributed by atoms with E-state index in [4.69, 9.17) is 5.26 Å². The van der Waals surface area contributed by atoms with Crippen LogP contribution in [0.2, 0.25) is 0 Å². The fraction of sp³-hybridized carbons (Fsp3) is 0.556. The Balaban J connectivity index is 2.48. The van der Waals surface area contributed by atoms with Gasteiger partial charge < -0.3 is 10.2 Å². The average Bonchev–Trinajstić information content (AvgIpc) is 2.57. The molecule has 1 fully saturated rings. The van der Waals surface area contributed by atoms with Crippen LogP contribution in [-0.2, 0) is 9.59 Å². The van der Waals surface area contributed by atoms with Gasteiger partial charge in [0.2, 0.25) is 5.91 Å². The second-order valence-electron chi connectivity index (χ2n) is 3.36. The number of carbonyl (C=O) groups is 3. The fourth-order valence-corrected chi connectivity index (χ4v) is 1.21. The number of rotatable bonds is 4. The Bertz CT molecular complexity index is 344. The SMILES string of the molecule is CN(CCC#N)C(=O)CN1C(=O)CNC1=O. The van der Waals surface area contributed by atoms with E-state index in [9.17, 15) is 14.4 Å². The van der Waals surface area contributed by atoms with E-state index in [-0.39, 0.29) is 25.4 Å². The van der Waals surface area contributed by atoms with Crippen LogP contribution in [0.1, 0.15) is 6.42 Å². The highest BCUT2D eigenvalue weighted by atomic mass is 16.2. The minimum atomic E-state index is -0.549. The number of amides is 4. The van der Waals surface area contributed by atoms with Gasteiger partial charge in [0.25, 0.3) is 5.91 Å². The molecule has 0 aromatic rings. The number of nitriles is 1. The lowest BCUT2D eigenvalue weighted by Gasteiger charge is -2.18. The van der Waals surface area contributed by atoms with E-state index in [1.807, 2.05) is 6.07 Å². The molecule has 0 aliphatic carbocycles. The van der Waals surface area contributed by atoms with Crippen molar-refractivity contribution in [1.29, 1.82) is 5.26 Å². The van der Waals surface area contributed by atoms with Gasteiger partial charge in [-0.2, -0.15) is 5.26 Å². The second kappa shape index (κ2) is 5.11. The van der Waals surface area contributed by atoms with Gasteiger partial charge in [-0.25, -0.2) is 4.79 Å². The number of hydrogen-bond donors (Lipinski definition) is 1. The zero-order chi connectivity index (χ0) is 12.1. The van der Waals surface area contributed by atoms with Gasteiger partial charge in [0.15, 0.2) is 0 Å². The molecule has 4 amide bonds. The summed E-state index contributed by atoms with van der Waals surface area (Å²) in [6.45, 7) is -0.0421. The zero-order valence-electron chi connectivity index (χ0n) is 8.89. The monoisotopic (exact) mass is 224 g/mol. The minimum Gasteiger partial charge on any atom is -0.343 e. The minimum absolute atomic E-state index is 0.0615. The summed E-state index contributed by atoms with van der Waals surface area (Å²) in [5.74, 6) is -0.771. The topological polar surface area (TPSA) is 93.5 Å². The number of likely N-dealkylation sites (N-methyl/N-ethyl adjacent to an activating group) is 1. The predicted molar refractivity (Wildman–Crippen MR) is 53.0 cm³/mol. The fourth-order valence-electron chi connectivity index (χ4n) is 1.21. The first kappa shape index (κ1) is 12.0. The lowest BCUT2D eigenvalue weighted by molar-refractivity contribution is -0.135. The summed E-state index contributed by atoms with van der Waals surface area (Å²) in [4.78, 5) is 36.0. The lowest BCUT2D eigenvalue weighted by atomic mass is 10.4. The Kier molecular flexibility index (Phi) is 3.83. The highest BCUT2D eigenvalue weighted by molar-refractivity contribution is 6.04. The van der Waals surface area contributed by atoms with Crippen LogP contribution in [0, 0.1) is 11.3 Å². The van der Waals surface area contributed by atoms with E-state index in [2.05, 4.69) is 5.32 Å². The van der Waals surface area contributed by atoms with E-state index >= 15 is 0 Å². The molecule has 1 aliphatic heterocycles. The Morgan fingerprint density at radius 2 is 2.31 bits per heavy atom. The van der Waals surface area contributed by atoms with Gasteiger partial charge in [0.05, 0.1) is 19.0 Å². The Labute approximate surface area is 92.6 Å². The summed E-state index contributed by atoms with van der Waals surface area (Å²) >= 11 is 0. The van der Waals surface area contributed by atoms with Crippen molar-refractivity contribution in [3.05, 3.63) is 0 Å². The van der Waals surface area contributed by atoms with Gasteiger partial charge >= 0.3 is 6.03 Å². The molecule has 0 aromatic carbocycles. The number of imide groups is 1. The summed E-state index contributed by atoms with van der Waals surface area (Å²) in [6, 6.07) is 1.36. The van der Waals surface area contributed by atoms with Gasteiger partial charge in [0, 0.05) is 13.6 Å². The molecule has 0 atom stereocenters. The van der Waals surface area contributed by atoms with Gasteiger partial charge in [-0.3, -0.25) is 14.5 Å². The van der Waals surface area contributed by atoms with Crippen molar-refractivity contribution in [3.8, 4) is 6.07 Å². The van der Waals surface area contributed by atoms with E-state index in [0.717, 1.165) is 4.90 Å². The number of hydrogen-bond acceptors (Lipinski definition) is 4. The molecule has 0 aromatic heterocycles. The molecular formula is C9H12N4O3. The maximum Gasteiger partial charge on any atom is 0.325 e. The lowest BCUT2D eigenvalue weighted by Crippen LogP contribution is -2.41. The molecule has 1 N–H and O–H groups in total. The molecule has 0 radical (unpaired) electrons. The summed E-state index contributed by atoms with van der Waals surface area (Å²) < 4.78 is 0. The van der Waals surface area contributed by atoms with Crippen LogP contribution in [0.5, 0.6) is 0 Å². The van der Waals surface area contributed by atoms with E-state index in [0.29, 0.717) is 6.54 Å². The Hall–Kier alpha value is -2.10. The molecule has 7 heteroatoms. The van der Waals surface area contributed by atoms with Gasteiger partial charge in [0.1, 0.15) is 6.54 Å². The first-order valence-electron chi connectivity index (χ1n) is 4.75. The Morgan fingerprint density at radius 1 is 1.62 bits per heavy atom. The van der Waals surface area contributed by atoms with Gasteiger partial charge in [-0.15, -0.1) is 0 Å². The van der Waals surface area contributed by atoms with Crippen molar-refractivity contribution in [2.75, 3.05) is 26.7 Å². The third-order valence-corrected chi connectivity index (χ3v) is 2.22. The summed E-state index contributed by atoms with van der Waals surface area (Å²) in [6.07, 6.45) is 0.225. The maximum atomic E-state index is 11.5.